The van der Waals surface area contributed by atoms with Gasteiger partial charge in [-0.05, 0) is 12.5 Å². The van der Waals surface area contributed by atoms with Crippen molar-refractivity contribution in [2.45, 2.75) is 18.2 Å². The van der Waals surface area contributed by atoms with Gasteiger partial charge in [0.05, 0.1) is 24.5 Å². The Morgan fingerprint density at radius 2 is 1.89 bits per heavy atom. The highest BCUT2D eigenvalue weighted by atomic mass is 32.2. The van der Waals surface area contributed by atoms with Gasteiger partial charge in [0.25, 0.3) is 0 Å². The Labute approximate surface area is 111 Å². The van der Waals surface area contributed by atoms with Gasteiger partial charge in [-0.15, -0.1) is 11.8 Å². The summed E-state index contributed by atoms with van der Waals surface area (Å²) in [6, 6.07) is 9.90. The number of hydrogen-bond donors (Lipinski definition) is 3. The molecule has 1 rings (SSSR count). The van der Waals surface area contributed by atoms with Crippen LogP contribution in [0.25, 0.3) is 0 Å². The number of carbonyl (C=O) groups excluding carboxylic acids is 1. The van der Waals surface area contributed by atoms with Crippen LogP contribution < -0.4 is 5.32 Å². The number of carbonyl (C=O) groups is 1. The first-order chi connectivity index (χ1) is 8.59. The fraction of sp³-hybridized carbons (Fsp3) is 0.462. The number of aliphatic hydroxyl groups is 2. The average Bonchev–Trinajstić information content (AvgIpc) is 2.40. The van der Waals surface area contributed by atoms with Crippen LogP contribution in [0.2, 0.25) is 0 Å². The van der Waals surface area contributed by atoms with Crippen LogP contribution in [-0.2, 0) is 10.5 Å². The van der Waals surface area contributed by atoms with E-state index in [0.717, 1.165) is 5.75 Å². The van der Waals surface area contributed by atoms with E-state index in [1.807, 2.05) is 30.3 Å². The second-order valence-electron chi connectivity index (χ2n) is 4.40. The maximum atomic E-state index is 11.6. The van der Waals surface area contributed by atoms with Gasteiger partial charge in [-0.3, -0.25) is 4.79 Å². The first-order valence-corrected chi connectivity index (χ1v) is 6.89. The summed E-state index contributed by atoms with van der Waals surface area (Å²) in [5.74, 6) is 0.898. The quantitative estimate of drug-likeness (QED) is 0.684. The fourth-order valence-corrected chi connectivity index (χ4v) is 2.13. The molecule has 0 atom stereocenters. The first kappa shape index (κ1) is 15.0. The van der Waals surface area contributed by atoms with Crippen LogP contribution in [0.5, 0.6) is 0 Å². The Kier molecular flexibility index (Phi) is 6.18. The van der Waals surface area contributed by atoms with Gasteiger partial charge in [0.2, 0.25) is 5.91 Å². The van der Waals surface area contributed by atoms with Crippen molar-refractivity contribution < 1.29 is 15.0 Å². The molecule has 0 fully saturated rings. The third-order valence-electron chi connectivity index (χ3n) is 2.48. The molecule has 0 aliphatic rings. The topological polar surface area (TPSA) is 69.6 Å². The zero-order valence-electron chi connectivity index (χ0n) is 10.4. The second-order valence-corrected chi connectivity index (χ2v) is 5.39. The Hall–Kier alpha value is -1.04. The first-order valence-electron chi connectivity index (χ1n) is 5.74. The molecule has 0 radical (unpaired) electrons. The summed E-state index contributed by atoms with van der Waals surface area (Å²) in [7, 11) is 0. The van der Waals surface area contributed by atoms with E-state index in [4.69, 9.17) is 10.2 Å². The van der Waals surface area contributed by atoms with Crippen LogP contribution in [0.4, 0.5) is 0 Å². The van der Waals surface area contributed by atoms with E-state index >= 15 is 0 Å². The highest BCUT2D eigenvalue weighted by molar-refractivity contribution is 7.99. The molecule has 1 aromatic rings. The Bertz CT molecular complexity index is 366. The molecule has 0 aliphatic heterocycles. The van der Waals surface area contributed by atoms with Crippen molar-refractivity contribution in [1.82, 2.24) is 5.32 Å². The molecule has 0 spiro atoms. The normalized spacial score (nSPS) is 11.3. The standard InChI is InChI=1S/C13H19NO3S/c1-13(9-15,10-16)14-12(17)8-18-7-11-5-3-2-4-6-11/h2-6,15-16H,7-10H2,1H3,(H,14,17). The average molecular weight is 269 g/mol. The number of rotatable bonds is 7. The van der Waals surface area contributed by atoms with Gasteiger partial charge in [0.1, 0.15) is 0 Å². The van der Waals surface area contributed by atoms with Gasteiger partial charge >= 0.3 is 0 Å². The maximum absolute atomic E-state index is 11.6. The number of thioether (sulfide) groups is 1. The van der Waals surface area contributed by atoms with Gasteiger partial charge in [0.15, 0.2) is 0 Å². The third kappa shape index (κ3) is 5.08. The zero-order valence-corrected chi connectivity index (χ0v) is 11.2. The number of hydrogen-bond acceptors (Lipinski definition) is 4. The van der Waals surface area contributed by atoms with E-state index in [0.29, 0.717) is 5.75 Å². The Morgan fingerprint density at radius 3 is 2.44 bits per heavy atom. The predicted molar refractivity (Wildman–Crippen MR) is 73.3 cm³/mol. The minimum absolute atomic E-state index is 0.179. The summed E-state index contributed by atoms with van der Waals surface area (Å²) in [6.45, 7) is 1.05. The molecule has 0 saturated heterocycles. The molecular weight excluding hydrogens is 250 g/mol. The molecule has 4 nitrogen and oxygen atoms in total. The molecule has 0 unspecified atom stereocenters. The van der Waals surface area contributed by atoms with E-state index in [1.165, 1.54) is 17.3 Å². The van der Waals surface area contributed by atoms with Crippen LogP contribution >= 0.6 is 11.8 Å². The molecular formula is C13H19NO3S. The van der Waals surface area contributed by atoms with Crippen molar-refractivity contribution in [3.63, 3.8) is 0 Å². The molecule has 5 heteroatoms. The van der Waals surface area contributed by atoms with Crippen molar-refractivity contribution in [1.29, 1.82) is 0 Å². The van der Waals surface area contributed by atoms with Crippen LogP contribution in [0.3, 0.4) is 0 Å². The minimum atomic E-state index is -0.940. The summed E-state index contributed by atoms with van der Waals surface area (Å²) in [5.41, 5.74) is 0.229. The fourth-order valence-electron chi connectivity index (χ4n) is 1.34. The van der Waals surface area contributed by atoms with Crippen molar-refractivity contribution in [2.24, 2.45) is 0 Å². The van der Waals surface area contributed by atoms with Gasteiger partial charge in [-0.25, -0.2) is 0 Å². The molecule has 0 aliphatic carbocycles. The van der Waals surface area contributed by atoms with Crippen LogP contribution in [0.15, 0.2) is 30.3 Å². The highest BCUT2D eigenvalue weighted by Gasteiger charge is 2.24. The van der Waals surface area contributed by atoms with E-state index in [1.54, 1.807) is 6.92 Å². The molecule has 0 aromatic heterocycles. The number of amides is 1. The minimum Gasteiger partial charge on any atom is -0.394 e. The Balaban J connectivity index is 2.30. The molecule has 100 valence electrons. The molecule has 0 bridgehead atoms. The number of benzene rings is 1. The van der Waals surface area contributed by atoms with E-state index < -0.39 is 5.54 Å². The van der Waals surface area contributed by atoms with Gasteiger partial charge in [-0.2, -0.15) is 0 Å². The third-order valence-corrected chi connectivity index (χ3v) is 3.49. The molecule has 0 saturated carbocycles. The van der Waals surface area contributed by atoms with Gasteiger partial charge in [-0.1, -0.05) is 30.3 Å². The lowest BCUT2D eigenvalue weighted by Crippen LogP contribution is -2.52. The molecule has 18 heavy (non-hydrogen) atoms. The van der Waals surface area contributed by atoms with Crippen LogP contribution in [0.1, 0.15) is 12.5 Å². The van der Waals surface area contributed by atoms with Crippen molar-refractivity contribution in [3.05, 3.63) is 35.9 Å². The van der Waals surface area contributed by atoms with E-state index in [2.05, 4.69) is 5.32 Å². The van der Waals surface area contributed by atoms with Crippen molar-refractivity contribution in [2.75, 3.05) is 19.0 Å². The summed E-state index contributed by atoms with van der Waals surface area (Å²) in [5, 5.41) is 20.7. The largest absolute Gasteiger partial charge is 0.394 e. The second kappa shape index (κ2) is 7.41. The predicted octanol–water partition coefficient (Wildman–Crippen LogP) is 0.779. The molecule has 0 heterocycles. The summed E-state index contributed by atoms with van der Waals surface area (Å²) < 4.78 is 0. The zero-order chi connectivity index (χ0) is 13.4. The molecule has 1 amide bonds. The van der Waals surface area contributed by atoms with Gasteiger partial charge in [0, 0.05) is 5.75 Å². The lowest BCUT2D eigenvalue weighted by Gasteiger charge is -2.26. The molecule has 3 N–H and O–H groups in total. The summed E-state index contributed by atoms with van der Waals surface area (Å²) >= 11 is 1.50. The summed E-state index contributed by atoms with van der Waals surface area (Å²) in [4.78, 5) is 11.6. The Morgan fingerprint density at radius 1 is 1.28 bits per heavy atom. The lowest BCUT2D eigenvalue weighted by atomic mass is 10.1. The van der Waals surface area contributed by atoms with E-state index in [9.17, 15) is 4.79 Å². The number of aliphatic hydroxyl groups excluding tert-OH is 2. The molecule has 1 aromatic carbocycles. The smallest absolute Gasteiger partial charge is 0.230 e. The maximum Gasteiger partial charge on any atom is 0.230 e. The van der Waals surface area contributed by atoms with Crippen LogP contribution in [-0.4, -0.2) is 40.6 Å². The van der Waals surface area contributed by atoms with Crippen LogP contribution in [0, 0.1) is 0 Å². The number of nitrogens with one attached hydrogen (secondary N) is 1. The van der Waals surface area contributed by atoms with E-state index in [-0.39, 0.29) is 19.1 Å². The monoisotopic (exact) mass is 269 g/mol. The lowest BCUT2D eigenvalue weighted by molar-refractivity contribution is -0.121. The van der Waals surface area contributed by atoms with Crippen molar-refractivity contribution >= 4 is 17.7 Å². The highest BCUT2D eigenvalue weighted by Crippen LogP contribution is 2.11. The van der Waals surface area contributed by atoms with Crippen molar-refractivity contribution in [3.8, 4) is 0 Å². The van der Waals surface area contributed by atoms with Gasteiger partial charge < -0.3 is 15.5 Å². The SMILES string of the molecule is CC(CO)(CO)NC(=O)CSCc1ccccc1. The summed E-state index contributed by atoms with van der Waals surface area (Å²) in [6.07, 6.45) is 0.